The highest BCUT2D eigenvalue weighted by Gasteiger charge is 2.32. The fourth-order valence-corrected chi connectivity index (χ4v) is 4.09. The Balaban J connectivity index is 1.40. The number of aromatic nitrogens is 1. The molecule has 2 aromatic rings. The van der Waals surface area contributed by atoms with Gasteiger partial charge in [-0.2, -0.15) is 0 Å². The molecular formula is C20H26N4O4. The highest BCUT2D eigenvalue weighted by atomic mass is 16.5. The fraction of sp³-hybridized carbons (Fsp3) is 0.500. The third-order valence-electron chi connectivity index (χ3n) is 5.64. The van der Waals surface area contributed by atoms with Crippen molar-refractivity contribution in [2.45, 2.75) is 6.04 Å². The molecule has 150 valence electrons. The minimum atomic E-state index is -0.845. The van der Waals surface area contributed by atoms with E-state index < -0.39 is 12.0 Å². The second-order valence-corrected chi connectivity index (χ2v) is 7.34. The van der Waals surface area contributed by atoms with E-state index in [1.807, 2.05) is 34.1 Å². The zero-order valence-electron chi connectivity index (χ0n) is 15.8. The number of piperazine rings is 1. The van der Waals surface area contributed by atoms with Crippen LogP contribution in [0.2, 0.25) is 0 Å². The van der Waals surface area contributed by atoms with Gasteiger partial charge in [-0.15, -0.1) is 0 Å². The second kappa shape index (κ2) is 8.30. The van der Waals surface area contributed by atoms with Gasteiger partial charge < -0.3 is 19.7 Å². The molecule has 0 saturated carbocycles. The number of nitrogens with one attached hydrogen (secondary N) is 1. The second-order valence-electron chi connectivity index (χ2n) is 7.34. The van der Waals surface area contributed by atoms with Crippen LogP contribution in [0.5, 0.6) is 0 Å². The van der Waals surface area contributed by atoms with Crippen molar-refractivity contribution in [2.75, 3.05) is 59.0 Å². The van der Waals surface area contributed by atoms with Crippen LogP contribution in [-0.4, -0.2) is 95.7 Å². The molecule has 1 amide bonds. The number of carbonyl (C=O) groups is 2. The van der Waals surface area contributed by atoms with Crippen LogP contribution in [0.15, 0.2) is 30.5 Å². The maximum absolute atomic E-state index is 12.4. The summed E-state index contributed by atoms with van der Waals surface area (Å²) in [6.45, 7) is 5.50. The van der Waals surface area contributed by atoms with E-state index in [0.717, 1.165) is 16.5 Å². The number of morpholine rings is 1. The van der Waals surface area contributed by atoms with Crippen molar-refractivity contribution in [3.63, 3.8) is 0 Å². The number of para-hydroxylation sites is 1. The molecule has 28 heavy (non-hydrogen) atoms. The molecule has 0 aliphatic carbocycles. The van der Waals surface area contributed by atoms with Crippen molar-refractivity contribution in [3.8, 4) is 0 Å². The molecular weight excluding hydrogens is 360 g/mol. The molecule has 2 saturated heterocycles. The summed E-state index contributed by atoms with van der Waals surface area (Å²) in [5, 5.41) is 10.8. The normalized spacial score (nSPS) is 20.4. The number of aliphatic carboxylic acids is 1. The quantitative estimate of drug-likeness (QED) is 0.789. The van der Waals surface area contributed by atoms with Crippen LogP contribution in [0, 0.1) is 0 Å². The van der Waals surface area contributed by atoms with E-state index in [1.54, 1.807) is 6.20 Å². The summed E-state index contributed by atoms with van der Waals surface area (Å²) in [5.41, 5.74) is 1.74. The molecule has 2 aliphatic rings. The van der Waals surface area contributed by atoms with Gasteiger partial charge in [0.1, 0.15) is 6.04 Å². The zero-order chi connectivity index (χ0) is 19.5. The number of nitrogens with zero attached hydrogens (tertiary/aromatic N) is 3. The Morgan fingerprint density at radius 3 is 2.50 bits per heavy atom. The van der Waals surface area contributed by atoms with Crippen LogP contribution in [0.1, 0.15) is 11.6 Å². The first kappa shape index (κ1) is 18.9. The average molecular weight is 386 g/mol. The number of hydrogen-bond acceptors (Lipinski definition) is 5. The number of benzene rings is 1. The number of amides is 1. The van der Waals surface area contributed by atoms with Crippen LogP contribution in [-0.2, 0) is 14.3 Å². The van der Waals surface area contributed by atoms with Gasteiger partial charge in [-0.3, -0.25) is 19.4 Å². The Bertz CT molecular complexity index is 838. The first-order chi connectivity index (χ1) is 13.6. The van der Waals surface area contributed by atoms with Crippen molar-refractivity contribution < 1.29 is 19.4 Å². The molecule has 8 heteroatoms. The molecule has 3 heterocycles. The molecule has 0 unspecified atom stereocenters. The SMILES string of the molecule is O=C(O)[C@H](c1c[nH]c2ccccc12)N1CCN(CC(=O)N2CCOCC2)CC1. The van der Waals surface area contributed by atoms with E-state index in [0.29, 0.717) is 59.0 Å². The molecule has 1 atom stereocenters. The molecule has 0 spiro atoms. The Morgan fingerprint density at radius 1 is 1.07 bits per heavy atom. The number of fused-ring (bicyclic) bond motifs is 1. The number of aromatic amines is 1. The maximum atomic E-state index is 12.4. The number of hydrogen-bond donors (Lipinski definition) is 2. The number of rotatable bonds is 5. The fourth-order valence-electron chi connectivity index (χ4n) is 4.09. The molecule has 0 radical (unpaired) electrons. The molecule has 2 fully saturated rings. The van der Waals surface area contributed by atoms with Gasteiger partial charge in [0.05, 0.1) is 19.8 Å². The molecule has 0 bridgehead atoms. The third-order valence-corrected chi connectivity index (χ3v) is 5.64. The zero-order valence-corrected chi connectivity index (χ0v) is 15.8. The summed E-state index contributed by atoms with van der Waals surface area (Å²) in [5.74, 6) is -0.717. The lowest BCUT2D eigenvalue weighted by atomic mass is 10.0. The lowest BCUT2D eigenvalue weighted by Crippen LogP contribution is -2.52. The predicted octanol–water partition coefficient (Wildman–Crippen LogP) is 0.770. The van der Waals surface area contributed by atoms with Gasteiger partial charge in [0.25, 0.3) is 0 Å². The average Bonchev–Trinajstić information content (AvgIpc) is 3.14. The van der Waals surface area contributed by atoms with Crippen LogP contribution in [0.4, 0.5) is 0 Å². The highest BCUT2D eigenvalue weighted by Crippen LogP contribution is 2.29. The van der Waals surface area contributed by atoms with Crippen molar-refractivity contribution in [3.05, 3.63) is 36.0 Å². The van der Waals surface area contributed by atoms with E-state index >= 15 is 0 Å². The molecule has 1 aromatic carbocycles. The number of carbonyl (C=O) groups excluding carboxylic acids is 1. The summed E-state index contributed by atoms with van der Waals surface area (Å²) in [6, 6.07) is 7.07. The third kappa shape index (κ3) is 3.89. The van der Waals surface area contributed by atoms with Crippen molar-refractivity contribution in [1.29, 1.82) is 0 Å². The lowest BCUT2D eigenvalue weighted by Gasteiger charge is -2.38. The molecule has 4 rings (SSSR count). The molecule has 2 aliphatic heterocycles. The largest absolute Gasteiger partial charge is 0.480 e. The lowest BCUT2D eigenvalue weighted by molar-refractivity contribution is -0.145. The Morgan fingerprint density at radius 2 is 1.79 bits per heavy atom. The molecule has 8 nitrogen and oxygen atoms in total. The first-order valence-corrected chi connectivity index (χ1v) is 9.74. The Labute approximate surface area is 163 Å². The van der Waals surface area contributed by atoms with Crippen molar-refractivity contribution in [1.82, 2.24) is 19.7 Å². The number of H-pyrrole nitrogens is 1. The number of carboxylic acid groups (broad SMARTS) is 1. The van der Waals surface area contributed by atoms with Gasteiger partial charge in [-0.25, -0.2) is 0 Å². The van der Waals surface area contributed by atoms with E-state index in [9.17, 15) is 14.7 Å². The predicted molar refractivity (Wildman–Crippen MR) is 104 cm³/mol. The molecule has 1 aromatic heterocycles. The van der Waals surface area contributed by atoms with Crippen LogP contribution >= 0.6 is 0 Å². The minimum Gasteiger partial charge on any atom is -0.480 e. The Kier molecular flexibility index (Phi) is 5.61. The van der Waals surface area contributed by atoms with E-state index in [2.05, 4.69) is 9.88 Å². The standard InChI is InChI=1S/C20H26N4O4/c25-18(23-9-11-28-12-10-23)14-22-5-7-24(8-6-22)19(20(26)27)16-13-21-17-4-2-1-3-15(16)17/h1-4,13,19,21H,5-12,14H2,(H,26,27)/t19-/m0/s1. The van der Waals surface area contributed by atoms with Gasteiger partial charge in [-0.05, 0) is 6.07 Å². The summed E-state index contributed by atoms with van der Waals surface area (Å²) in [6.07, 6.45) is 1.80. The smallest absolute Gasteiger partial charge is 0.325 e. The van der Waals surface area contributed by atoms with Gasteiger partial charge in [0.15, 0.2) is 0 Å². The Hall–Kier alpha value is -2.42. The van der Waals surface area contributed by atoms with E-state index in [-0.39, 0.29) is 5.91 Å². The van der Waals surface area contributed by atoms with E-state index in [4.69, 9.17) is 4.74 Å². The summed E-state index contributed by atoms with van der Waals surface area (Å²) in [7, 11) is 0. The van der Waals surface area contributed by atoms with E-state index in [1.165, 1.54) is 0 Å². The summed E-state index contributed by atoms with van der Waals surface area (Å²) in [4.78, 5) is 33.6. The monoisotopic (exact) mass is 386 g/mol. The summed E-state index contributed by atoms with van der Waals surface area (Å²) >= 11 is 0. The number of carboxylic acids is 1. The topological polar surface area (TPSA) is 89.1 Å². The van der Waals surface area contributed by atoms with Gasteiger partial charge >= 0.3 is 5.97 Å². The van der Waals surface area contributed by atoms with Crippen molar-refractivity contribution in [2.24, 2.45) is 0 Å². The number of ether oxygens (including phenoxy) is 1. The first-order valence-electron chi connectivity index (χ1n) is 9.74. The van der Waals surface area contributed by atoms with Crippen LogP contribution < -0.4 is 0 Å². The minimum absolute atomic E-state index is 0.128. The van der Waals surface area contributed by atoms with Gasteiger partial charge in [0, 0.05) is 61.9 Å². The highest BCUT2D eigenvalue weighted by molar-refractivity contribution is 5.89. The van der Waals surface area contributed by atoms with Crippen LogP contribution in [0.3, 0.4) is 0 Å². The van der Waals surface area contributed by atoms with Gasteiger partial charge in [0.2, 0.25) is 5.91 Å². The van der Waals surface area contributed by atoms with Crippen molar-refractivity contribution >= 4 is 22.8 Å². The maximum Gasteiger partial charge on any atom is 0.325 e. The molecule has 2 N–H and O–H groups in total. The van der Waals surface area contributed by atoms with Gasteiger partial charge in [-0.1, -0.05) is 18.2 Å². The summed E-state index contributed by atoms with van der Waals surface area (Å²) < 4.78 is 5.30. The van der Waals surface area contributed by atoms with Crippen LogP contribution in [0.25, 0.3) is 10.9 Å².